The Labute approximate surface area is 179 Å². The molecule has 4 N–H and O–H groups in total. The van der Waals surface area contributed by atoms with E-state index >= 15 is 0 Å². The molecule has 0 spiro atoms. The van der Waals surface area contributed by atoms with E-state index in [4.69, 9.17) is 16.9 Å². The third-order valence-electron chi connectivity index (χ3n) is 4.08. The number of anilines is 1. The summed E-state index contributed by atoms with van der Waals surface area (Å²) in [4.78, 5) is 26.8. The summed E-state index contributed by atoms with van der Waals surface area (Å²) < 4.78 is 7.96. The Morgan fingerprint density at radius 1 is 1.37 bits per heavy atom. The molecule has 30 heavy (non-hydrogen) atoms. The second kappa shape index (κ2) is 11.1. The van der Waals surface area contributed by atoms with Crippen molar-refractivity contribution in [2.24, 2.45) is 5.73 Å². The average molecular weight is 430 g/mol. The van der Waals surface area contributed by atoms with Crippen LogP contribution < -0.4 is 35.9 Å². The highest BCUT2D eigenvalue weighted by molar-refractivity contribution is 7.07. The van der Waals surface area contributed by atoms with Crippen molar-refractivity contribution in [2.75, 3.05) is 39.1 Å². The van der Waals surface area contributed by atoms with Crippen LogP contribution in [0.15, 0.2) is 29.1 Å². The van der Waals surface area contributed by atoms with Crippen molar-refractivity contribution >= 4 is 34.8 Å². The fraction of sp³-hybridized carbons (Fsp3) is 0.333. The lowest BCUT2D eigenvalue weighted by atomic mass is 10.3. The second-order valence-corrected chi connectivity index (χ2v) is 7.62. The molecule has 0 aliphatic carbocycles. The first-order valence-electron chi connectivity index (χ1n) is 9.42. The molecule has 1 aromatic carbocycles. The highest BCUT2D eigenvalue weighted by Gasteiger charge is 2.11. The van der Waals surface area contributed by atoms with Crippen LogP contribution in [0.5, 0.6) is 5.75 Å². The summed E-state index contributed by atoms with van der Waals surface area (Å²) in [6.45, 7) is 3.71. The number of nitrogens with zero attached hydrogens (tertiary/aromatic N) is 2. The van der Waals surface area contributed by atoms with Gasteiger partial charge in [-0.05, 0) is 45.3 Å². The minimum atomic E-state index is -0.499. The quantitative estimate of drug-likeness (QED) is 0.466. The van der Waals surface area contributed by atoms with Crippen molar-refractivity contribution in [3.63, 3.8) is 0 Å². The van der Waals surface area contributed by atoms with Gasteiger partial charge >= 0.3 is 0 Å². The number of ether oxygens (including phenoxy) is 1. The molecule has 0 atom stereocenters. The minimum absolute atomic E-state index is 0.0342. The molecule has 0 fully saturated rings. The summed E-state index contributed by atoms with van der Waals surface area (Å²) in [5, 5.41) is 5.61. The molecule has 160 valence electrons. The predicted molar refractivity (Wildman–Crippen MR) is 122 cm³/mol. The van der Waals surface area contributed by atoms with Gasteiger partial charge in [0, 0.05) is 25.0 Å². The Morgan fingerprint density at radius 3 is 2.67 bits per heavy atom. The van der Waals surface area contributed by atoms with E-state index in [9.17, 15) is 9.59 Å². The van der Waals surface area contributed by atoms with Crippen molar-refractivity contribution < 1.29 is 9.53 Å². The number of benzene rings is 1. The molecule has 0 aliphatic rings. The van der Waals surface area contributed by atoms with Gasteiger partial charge in [0.25, 0.3) is 11.5 Å². The second-order valence-electron chi connectivity index (χ2n) is 6.59. The van der Waals surface area contributed by atoms with Gasteiger partial charge in [-0.3, -0.25) is 14.2 Å². The van der Waals surface area contributed by atoms with Gasteiger partial charge in [0.1, 0.15) is 27.2 Å². The highest BCUT2D eigenvalue weighted by Crippen LogP contribution is 2.15. The van der Waals surface area contributed by atoms with Crippen LogP contribution in [0.4, 0.5) is 5.69 Å². The Morgan fingerprint density at radius 2 is 2.07 bits per heavy atom. The van der Waals surface area contributed by atoms with E-state index in [1.54, 1.807) is 6.20 Å². The molecule has 0 unspecified atom stereocenters. The molecule has 9 heteroatoms. The van der Waals surface area contributed by atoms with Gasteiger partial charge in [-0.15, -0.1) is 17.8 Å². The summed E-state index contributed by atoms with van der Waals surface area (Å²) in [5.41, 5.74) is 6.50. The summed E-state index contributed by atoms with van der Waals surface area (Å²) in [5.74, 6) is 2.59. The summed E-state index contributed by atoms with van der Waals surface area (Å²) in [6, 6.07) is 7.44. The number of nitrogens with one attached hydrogen (secondary N) is 2. The lowest BCUT2D eigenvalue weighted by Crippen LogP contribution is -2.37. The zero-order valence-electron chi connectivity index (χ0n) is 17.4. The van der Waals surface area contributed by atoms with Crippen molar-refractivity contribution in [1.29, 1.82) is 0 Å². The first-order valence-corrected chi connectivity index (χ1v) is 10.2. The maximum Gasteiger partial charge on any atom is 0.270 e. The topological polar surface area (TPSA) is 102 Å². The van der Waals surface area contributed by atoms with E-state index in [0.29, 0.717) is 22.3 Å². The minimum Gasteiger partial charge on any atom is -0.492 e. The molecule has 1 heterocycles. The van der Waals surface area contributed by atoms with Gasteiger partial charge in [-0.2, -0.15) is 0 Å². The highest BCUT2D eigenvalue weighted by atomic mass is 32.1. The fourth-order valence-electron chi connectivity index (χ4n) is 2.47. The van der Waals surface area contributed by atoms with Crippen molar-refractivity contribution in [3.8, 4) is 18.1 Å². The molecular weight excluding hydrogens is 402 g/mol. The van der Waals surface area contributed by atoms with E-state index < -0.39 is 5.91 Å². The maximum atomic E-state index is 12.7. The lowest BCUT2D eigenvalue weighted by molar-refractivity contribution is -0.115. The van der Waals surface area contributed by atoms with E-state index in [0.717, 1.165) is 29.3 Å². The van der Waals surface area contributed by atoms with Crippen LogP contribution in [0.25, 0.3) is 11.9 Å². The Bertz CT molecular complexity index is 1080. The van der Waals surface area contributed by atoms with Crippen molar-refractivity contribution in [3.05, 3.63) is 43.8 Å². The molecule has 0 saturated heterocycles. The number of aromatic nitrogens is 1. The van der Waals surface area contributed by atoms with Gasteiger partial charge < -0.3 is 26.0 Å². The molecule has 8 nitrogen and oxygen atoms in total. The summed E-state index contributed by atoms with van der Waals surface area (Å²) >= 11 is 1.15. The predicted octanol–water partition coefficient (Wildman–Crippen LogP) is -0.463. The van der Waals surface area contributed by atoms with Gasteiger partial charge in [0.2, 0.25) is 0 Å². The molecule has 0 radical (unpaired) electrons. The number of carbonyl (C=O) groups is 1. The Hall–Kier alpha value is -3.22. The summed E-state index contributed by atoms with van der Waals surface area (Å²) in [6.07, 6.45) is 6.76. The largest absolute Gasteiger partial charge is 0.492 e. The first-order chi connectivity index (χ1) is 14.4. The molecule has 0 bridgehead atoms. The molecule has 0 aliphatic heterocycles. The number of likely N-dealkylation sites (N-methyl/N-ethyl adjacent to an activating group) is 1. The third kappa shape index (κ3) is 6.14. The van der Waals surface area contributed by atoms with Crippen LogP contribution in [0.3, 0.4) is 0 Å². The van der Waals surface area contributed by atoms with Crippen LogP contribution in [0, 0.1) is 12.3 Å². The number of rotatable bonds is 9. The number of amides is 1. The van der Waals surface area contributed by atoms with Crippen molar-refractivity contribution in [1.82, 2.24) is 14.8 Å². The van der Waals surface area contributed by atoms with E-state index in [1.165, 1.54) is 4.57 Å². The van der Waals surface area contributed by atoms with Crippen LogP contribution in [0.1, 0.15) is 6.92 Å². The normalized spacial score (nSPS) is 12.4. The number of hydrogen-bond acceptors (Lipinski definition) is 7. The number of thiazole rings is 1. The Balaban J connectivity index is 2.22. The van der Waals surface area contributed by atoms with Gasteiger partial charge in [0.15, 0.2) is 0 Å². The van der Waals surface area contributed by atoms with Gasteiger partial charge in [-0.25, -0.2) is 0 Å². The monoisotopic (exact) mass is 429 g/mol. The van der Waals surface area contributed by atoms with E-state index in [2.05, 4.69) is 16.6 Å². The Kier molecular flexibility index (Phi) is 8.53. The molecule has 1 amide bonds. The lowest BCUT2D eigenvalue weighted by Gasteiger charge is -2.11. The smallest absolute Gasteiger partial charge is 0.270 e. The van der Waals surface area contributed by atoms with Crippen molar-refractivity contribution in [2.45, 2.75) is 13.5 Å². The standard InChI is InChI=1S/C21H27N5O3S/c1-5-11-23-19(27)18(22)21-26(6-2)20(28)17(30-21)14-24-15-7-9-16(10-8-15)29-13-12-25(3)4/h1,7-10,14,24H,6,11-13,22H2,2-4H3,(H,23,27)/b17-14+,21-18+. The number of hydrogen-bond donors (Lipinski definition) is 3. The molecule has 2 aromatic rings. The molecular formula is C21H27N5O3S. The zero-order chi connectivity index (χ0) is 22.1. The SMILES string of the molecule is C#CCNC(=O)/C(N)=c1\s/c(=C/Nc2ccc(OCCN(C)C)cc2)c(=O)n1CC. The number of carbonyl (C=O) groups excluding carboxylic acids is 1. The maximum absolute atomic E-state index is 12.7. The zero-order valence-corrected chi connectivity index (χ0v) is 18.2. The third-order valence-corrected chi connectivity index (χ3v) is 5.23. The van der Waals surface area contributed by atoms with Crippen LogP contribution in [-0.2, 0) is 11.3 Å². The molecule has 0 saturated carbocycles. The van der Waals surface area contributed by atoms with E-state index in [-0.39, 0.29) is 17.8 Å². The van der Waals surface area contributed by atoms with Crippen LogP contribution in [0.2, 0.25) is 0 Å². The molecule has 2 rings (SSSR count). The summed E-state index contributed by atoms with van der Waals surface area (Å²) in [7, 11) is 3.98. The van der Waals surface area contributed by atoms with Gasteiger partial charge in [0.05, 0.1) is 6.54 Å². The number of nitrogens with two attached hydrogens (primary N) is 1. The van der Waals surface area contributed by atoms with Crippen LogP contribution >= 0.6 is 11.3 Å². The number of terminal acetylenes is 1. The first kappa shape index (κ1) is 23.1. The average Bonchev–Trinajstić information content (AvgIpc) is 3.05. The molecule has 1 aromatic heterocycles. The fourth-order valence-corrected chi connectivity index (χ4v) is 3.52. The van der Waals surface area contributed by atoms with Crippen LogP contribution in [-0.4, -0.2) is 49.2 Å². The van der Waals surface area contributed by atoms with E-state index in [1.807, 2.05) is 50.2 Å². The van der Waals surface area contributed by atoms with Gasteiger partial charge in [-0.1, -0.05) is 5.92 Å².